The van der Waals surface area contributed by atoms with Crippen LogP contribution in [0.25, 0.3) is 0 Å². The van der Waals surface area contributed by atoms with Gasteiger partial charge in [-0.05, 0) is 36.5 Å². The molecule has 2 amide bonds. The van der Waals surface area contributed by atoms with E-state index < -0.39 is 0 Å². The van der Waals surface area contributed by atoms with Crippen LogP contribution in [0.5, 0.6) is 0 Å². The van der Waals surface area contributed by atoms with E-state index in [-0.39, 0.29) is 23.7 Å². The highest BCUT2D eigenvalue weighted by Crippen LogP contribution is 2.33. The Morgan fingerprint density at radius 3 is 2.75 bits per heavy atom. The number of nitrogens with zero attached hydrogens (tertiary/aromatic N) is 1. The molecule has 104 valence electrons. The molecule has 1 aliphatic heterocycles. The third-order valence-corrected chi connectivity index (χ3v) is 3.85. The van der Waals surface area contributed by atoms with Gasteiger partial charge in [0.15, 0.2) is 0 Å². The van der Waals surface area contributed by atoms with Crippen molar-refractivity contribution in [2.75, 3.05) is 0 Å². The maximum atomic E-state index is 11.7. The maximum absolute atomic E-state index is 11.7. The van der Waals surface area contributed by atoms with Crippen LogP contribution in [0.15, 0.2) is 40.6 Å². The Balaban J connectivity index is 1.87. The molecule has 1 atom stereocenters. The molecule has 0 aromatic heterocycles. The summed E-state index contributed by atoms with van der Waals surface area (Å²) >= 11 is 0. The molecule has 20 heavy (non-hydrogen) atoms. The van der Waals surface area contributed by atoms with E-state index in [1.165, 1.54) is 0 Å². The van der Waals surface area contributed by atoms with Crippen LogP contribution in [0, 0.1) is 17.8 Å². The zero-order chi connectivity index (χ0) is 14.3. The van der Waals surface area contributed by atoms with E-state index in [1.807, 2.05) is 18.2 Å². The first kappa shape index (κ1) is 13.0. The van der Waals surface area contributed by atoms with Crippen molar-refractivity contribution in [3.63, 3.8) is 0 Å². The number of nitrogens with one attached hydrogen (secondary N) is 1. The quantitative estimate of drug-likeness (QED) is 0.835. The second kappa shape index (κ2) is 4.85. The van der Waals surface area contributed by atoms with E-state index in [0.29, 0.717) is 11.6 Å². The average molecular weight is 270 g/mol. The minimum Gasteiger partial charge on any atom is -0.325 e. The smallest absolute Gasteiger partial charge is 0.249 e. The summed E-state index contributed by atoms with van der Waals surface area (Å²) in [6, 6.07) is 0. The van der Waals surface area contributed by atoms with Crippen LogP contribution in [0.2, 0.25) is 0 Å². The molecule has 4 nitrogen and oxygen atoms in total. The minimum absolute atomic E-state index is 0.0401. The number of hydrogen-bond acceptors (Lipinski definition) is 2. The van der Waals surface area contributed by atoms with Crippen LogP contribution in [0.1, 0.15) is 26.7 Å². The molecule has 3 aliphatic rings. The lowest BCUT2D eigenvalue weighted by atomic mass is 9.82. The highest BCUT2D eigenvalue weighted by atomic mass is 16.2. The fourth-order valence-corrected chi connectivity index (χ4v) is 2.56. The number of carbonyl (C=O) groups is 2. The second-order valence-corrected chi connectivity index (χ2v) is 5.87. The molecule has 1 fully saturated rings. The summed E-state index contributed by atoms with van der Waals surface area (Å²) in [5.74, 6) is 0.397. The molecule has 1 heterocycles. The first-order chi connectivity index (χ1) is 9.54. The second-order valence-electron chi connectivity index (χ2n) is 5.87. The SMILES string of the molecule is CC(C)C1=CC(=O)NC2=CC(=NC(=O)C3CC3)C=CC21. The number of amides is 2. The van der Waals surface area contributed by atoms with Crippen molar-refractivity contribution in [1.82, 2.24) is 5.32 Å². The van der Waals surface area contributed by atoms with Gasteiger partial charge in [0.25, 0.3) is 0 Å². The van der Waals surface area contributed by atoms with Gasteiger partial charge in [-0.25, -0.2) is 4.99 Å². The molecule has 0 radical (unpaired) electrons. The standard InChI is InChI=1S/C16H18N2O2/c1-9(2)13-8-15(19)18-14-7-11(5-6-12(13)14)17-16(20)10-3-4-10/h5-10,12H,3-4H2,1-2H3,(H,18,19). The van der Waals surface area contributed by atoms with Gasteiger partial charge in [0, 0.05) is 23.6 Å². The third kappa shape index (κ3) is 2.50. The Morgan fingerprint density at radius 1 is 1.35 bits per heavy atom. The van der Waals surface area contributed by atoms with Crippen molar-refractivity contribution in [3.8, 4) is 0 Å². The Labute approximate surface area is 118 Å². The molecule has 1 N–H and O–H groups in total. The molecule has 3 rings (SSSR count). The summed E-state index contributed by atoms with van der Waals surface area (Å²) in [5.41, 5.74) is 2.56. The summed E-state index contributed by atoms with van der Waals surface area (Å²) in [4.78, 5) is 27.6. The molecule has 0 aromatic rings. The van der Waals surface area contributed by atoms with Crippen LogP contribution < -0.4 is 5.32 Å². The molecule has 1 saturated carbocycles. The summed E-state index contributed by atoms with van der Waals surface area (Å²) in [5, 5.41) is 2.85. The van der Waals surface area contributed by atoms with Gasteiger partial charge in [-0.3, -0.25) is 9.59 Å². The van der Waals surface area contributed by atoms with E-state index in [2.05, 4.69) is 24.2 Å². The van der Waals surface area contributed by atoms with Gasteiger partial charge in [-0.15, -0.1) is 0 Å². The number of allylic oxidation sites excluding steroid dienone is 3. The predicted molar refractivity (Wildman–Crippen MR) is 76.9 cm³/mol. The van der Waals surface area contributed by atoms with E-state index in [1.54, 1.807) is 6.08 Å². The monoisotopic (exact) mass is 270 g/mol. The van der Waals surface area contributed by atoms with Gasteiger partial charge in [0.2, 0.25) is 11.8 Å². The fourth-order valence-electron chi connectivity index (χ4n) is 2.56. The van der Waals surface area contributed by atoms with E-state index in [0.717, 1.165) is 24.1 Å². The van der Waals surface area contributed by atoms with Gasteiger partial charge in [-0.2, -0.15) is 0 Å². The zero-order valence-corrected chi connectivity index (χ0v) is 11.7. The van der Waals surface area contributed by atoms with Crippen LogP contribution in [0.3, 0.4) is 0 Å². The zero-order valence-electron chi connectivity index (χ0n) is 11.7. The average Bonchev–Trinajstić information content (AvgIpc) is 3.21. The van der Waals surface area contributed by atoms with Crippen LogP contribution >= 0.6 is 0 Å². The van der Waals surface area contributed by atoms with Crippen molar-refractivity contribution in [1.29, 1.82) is 0 Å². The van der Waals surface area contributed by atoms with Crippen molar-refractivity contribution >= 4 is 17.5 Å². The number of rotatable bonds is 2. The lowest BCUT2D eigenvalue weighted by Gasteiger charge is -2.29. The van der Waals surface area contributed by atoms with E-state index in [4.69, 9.17) is 0 Å². The molecule has 0 aromatic carbocycles. The Hall–Kier alpha value is -1.97. The molecule has 0 saturated heterocycles. The normalized spacial score (nSPS) is 27.1. The molecular weight excluding hydrogens is 252 g/mol. The molecule has 4 heteroatoms. The highest BCUT2D eigenvalue weighted by molar-refractivity contribution is 6.11. The summed E-state index contributed by atoms with van der Waals surface area (Å²) in [6.07, 6.45) is 9.29. The lowest BCUT2D eigenvalue weighted by Crippen LogP contribution is -2.34. The van der Waals surface area contributed by atoms with Gasteiger partial charge in [0.1, 0.15) is 0 Å². The fraction of sp³-hybridized carbons (Fsp3) is 0.438. The largest absolute Gasteiger partial charge is 0.325 e. The number of fused-ring (bicyclic) bond motifs is 1. The number of carbonyl (C=O) groups excluding carboxylic acids is 2. The van der Waals surface area contributed by atoms with E-state index in [9.17, 15) is 9.59 Å². The van der Waals surface area contributed by atoms with E-state index >= 15 is 0 Å². The van der Waals surface area contributed by atoms with Gasteiger partial charge in [-0.1, -0.05) is 19.9 Å². The van der Waals surface area contributed by atoms with Gasteiger partial charge >= 0.3 is 0 Å². The van der Waals surface area contributed by atoms with Crippen LogP contribution in [-0.2, 0) is 9.59 Å². The topological polar surface area (TPSA) is 58.5 Å². The summed E-state index contributed by atoms with van der Waals surface area (Å²) < 4.78 is 0. The van der Waals surface area contributed by atoms with Crippen molar-refractivity contribution in [2.45, 2.75) is 26.7 Å². The molecule has 2 aliphatic carbocycles. The molecule has 0 spiro atoms. The van der Waals surface area contributed by atoms with Crippen LogP contribution in [-0.4, -0.2) is 17.5 Å². The Kier molecular flexibility index (Phi) is 3.16. The first-order valence-electron chi connectivity index (χ1n) is 7.09. The molecule has 1 unspecified atom stereocenters. The molecule has 0 bridgehead atoms. The lowest BCUT2D eigenvalue weighted by molar-refractivity contribution is -0.119. The van der Waals surface area contributed by atoms with Crippen LogP contribution in [0.4, 0.5) is 0 Å². The van der Waals surface area contributed by atoms with Crippen molar-refractivity contribution in [3.05, 3.63) is 35.6 Å². The van der Waals surface area contributed by atoms with Gasteiger partial charge in [0.05, 0.1) is 5.71 Å². The number of hydrogen-bond donors (Lipinski definition) is 1. The summed E-state index contributed by atoms with van der Waals surface area (Å²) in [6.45, 7) is 4.16. The van der Waals surface area contributed by atoms with Crippen molar-refractivity contribution < 1.29 is 9.59 Å². The maximum Gasteiger partial charge on any atom is 0.249 e. The summed E-state index contributed by atoms with van der Waals surface area (Å²) in [7, 11) is 0. The third-order valence-electron chi connectivity index (χ3n) is 3.85. The Morgan fingerprint density at radius 2 is 2.10 bits per heavy atom. The number of aliphatic imine (C=N–C) groups is 1. The predicted octanol–water partition coefficient (Wildman–Crippen LogP) is 2.15. The Bertz CT molecular complexity index is 590. The first-order valence-corrected chi connectivity index (χ1v) is 7.09. The van der Waals surface area contributed by atoms with Gasteiger partial charge < -0.3 is 5.32 Å². The highest BCUT2D eigenvalue weighted by Gasteiger charge is 2.31. The molecular formula is C16H18N2O2. The minimum atomic E-state index is -0.0978. The van der Waals surface area contributed by atoms with Crippen molar-refractivity contribution in [2.24, 2.45) is 22.7 Å².